The van der Waals surface area contributed by atoms with Crippen molar-refractivity contribution in [1.82, 2.24) is 8.85 Å². The third-order valence-electron chi connectivity index (χ3n) is 4.31. The molecule has 1 rings (SSSR count). The minimum absolute atomic E-state index is 0.0516. The van der Waals surface area contributed by atoms with Crippen LogP contribution in [0.15, 0.2) is 24.3 Å². The van der Waals surface area contributed by atoms with Gasteiger partial charge in [0.25, 0.3) is 0 Å². The number of hydrogen-bond acceptors (Lipinski definition) is 4. The van der Waals surface area contributed by atoms with Crippen molar-refractivity contribution in [2.75, 3.05) is 6.54 Å². The second-order valence-corrected chi connectivity index (χ2v) is 9.90. The zero-order valence-electron chi connectivity index (χ0n) is 17.4. The number of phenolic OH excluding ortho intramolecular Hbond substituents is 1. The number of carbonyl (C=O) groups is 3. The van der Waals surface area contributed by atoms with Crippen molar-refractivity contribution < 1.29 is 54.1 Å². The zero-order valence-corrected chi connectivity index (χ0v) is 19.6. The summed E-state index contributed by atoms with van der Waals surface area (Å²) in [7, 11) is 0. The molecule has 0 aliphatic rings. The van der Waals surface area contributed by atoms with E-state index in [1.165, 1.54) is 6.92 Å². The molecular formula is C21H29F3IN2O4-. The van der Waals surface area contributed by atoms with Gasteiger partial charge in [0.1, 0.15) is 0 Å². The van der Waals surface area contributed by atoms with Crippen LogP contribution in [0.5, 0.6) is 5.75 Å². The van der Waals surface area contributed by atoms with E-state index in [1.54, 1.807) is 24.3 Å². The van der Waals surface area contributed by atoms with Crippen LogP contribution >= 0.6 is 0 Å². The van der Waals surface area contributed by atoms with E-state index in [0.29, 0.717) is 32.2 Å². The number of halogens is 4. The van der Waals surface area contributed by atoms with E-state index >= 15 is 0 Å². The molecule has 176 valence electrons. The van der Waals surface area contributed by atoms with Gasteiger partial charge in [-0.2, -0.15) is 0 Å². The summed E-state index contributed by atoms with van der Waals surface area (Å²) >= 11 is -1.09. The Morgan fingerprint density at radius 1 is 1.06 bits per heavy atom. The number of hydrogen-bond donors (Lipinski definition) is 3. The van der Waals surface area contributed by atoms with Crippen LogP contribution in [0.1, 0.15) is 57.4 Å². The maximum atomic E-state index is 12.4. The molecule has 0 saturated heterocycles. The van der Waals surface area contributed by atoms with Gasteiger partial charge in [0.05, 0.1) is 0 Å². The van der Waals surface area contributed by atoms with Crippen molar-refractivity contribution in [2.45, 2.75) is 68.4 Å². The fraction of sp³-hybridized carbons (Fsp3) is 0.571. The Kier molecular flexibility index (Phi) is 12.5. The minimum atomic E-state index is -4.14. The molecule has 0 bridgehead atoms. The Hall–Kier alpha value is -1.85. The number of aromatic hydroxyl groups is 1. The van der Waals surface area contributed by atoms with Crippen molar-refractivity contribution in [1.29, 1.82) is 0 Å². The molecule has 1 aromatic carbocycles. The first-order valence-corrected chi connectivity index (χ1v) is 12.4. The summed E-state index contributed by atoms with van der Waals surface area (Å²) < 4.78 is 38.4. The molecule has 10 heteroatoms. The van der Waals surface area contributed by atoms with Crippen molar-refractivity contribution in [3.8, 4) is 5.75 Å². The van der Waals surface area contributed by atoms with Gasteiger partial charge in [-0.25, -0.2) is 0 Å². The SMILES string of the molecule is CC(=O)CC([I-]NC(=O)CCCCCCC(F)(F)F)C(=O)NCCc1ccc(O)cc1. The van der Waals surface area contributed by atoms with Gasteiger partial charge in [0.2, 0.25) is 0 Å². The second kappa shape index (κ2) is 14.3. The van der Waals surface area contributed by atoms with Gasteiger partial charge in [-0.15, -0.1) is 0 Å². The molecule has 31 heavy (non-hydrogen) atoms. The molecule has 6 nitrogen and oxygen atoms in total. The van der Waals surface area contributed by atoms with Crippen LogP contribution < -0.4 is 30.3 Å². The van der Waals surface area contributed by atoms with Crippen molar-refractivity contribution in [3.05, 3.63) is 29.8 Å². The van der Waals surface area contributed by atoms with E-state index in [1.807, 2.05) is 0 Å². The van der Waals surface area contributed by atoms with Gasteiger partial charge in [0, 0.05) is 0 Å². The predicted molar refractivity (Wildman–Crippen MR) is 106 cm³/mol. The number of phenols is 1. The summed E-state index contributed by atoms with van der Waals surface area (Å²) in [6, 6.07) is 6.63. The standard InChI is InChI=1S/C21H29F3IN2O4/c1-15(28)14-18(20(31)26-13-11-16-7-9-17(29)10-8-16)25-27-19(30)6-4-2-3-5-12-21(22,23)24/h7-10,18,29H,2-6,11-14H2,1H3,(H,26,31)(H,27,30)/q-1. The fourth-order valence-electron chi connectivity index (χ4n) is 2.68. The van der Waals surface area contributed by atoms with Gasteiger partial charge in [-0.1, -0.05) is 0 Å². The Morgan fingerprint density at radius 3 is 2.32 bits per heavy atom. The average molecular weight is 557 g/mol. The molecule has 0 spiro atoms. The molecule has 0 heterocycles. The van der Waals surface area contributed by atoms with Gasteiger partial charge in [-0.05, 0) is 0 Å². The number of rotatable bonds is 14. The van der Waals surface area contributed by atoms with E-state index in [9.17, 15) is 32.7 Å². The summed E-state index contributed by atoms with van der Waals surface area (Å²) in [5.74, 6) is -0.503. The van der Waals surface area contributed by atoms with Crippen LogP contribution in [0, 0.1) is 0 Å². The van der Waals surface area contributed by atoms with Crippen molar-refractivity contribution in [2.24, 2.45) is 0 Å². The second-order valence-electron chi connectivity index (χ2n) is 7.24. The number of Topliss-reactive ketones (excluding diaryl/α,β-unsaturated/α-hetero) is 1. The van der Waals surface area contributed by atoms with E-state index in [2.05, 4.69) is 8.85 Å². The van der Waals surface area contributed by atoms with E-state index in [4.69, 9.17) is 0 Å². The van der Waals surface area contributed by atoms with Gasteiger partial charge < -0.3 is 0 Å². The molecule has 0 radical (unpaired) electrons. The molecule has 1 aromatic rings. The molecule has 3 N–H and O–H groups in total. The monoisotopic (exact) mass is 557 g/mol. The molecule has 0 aromatic heterocycles. The molecule has 2 amide bonds. The van der Waals surface area contributed by atoms with E-state index in [0.717, 1.165) is 5.56 Å². The fourth-order valence-corrected chi connectivity index (χ4v) is 5.01. The number of ketones is 1. The van der Waals surface area contributed by atoms with Crippen LogP contribution in [-0.4, -0.2) is 39.3 Å². The third-order valence-corrected chi connectivity index (χ3v) is 6.98. The number of carbonyl (C=O) groups excluding carboxylic acids is 3. The molecule has 0 saturated carbocycles. The number of nitrogens with one attached hydrogen (secondary N) is 2. The number of amides is 2. The van der Waals surface area contributed by atoms with Crippen molar-refractivity contribution in [3.63, 3.8) is 0 Å². The first kappa shape index (κ1) is 27.2. The Bertz CT molecular complexity index is 712. The summed E-state index contributed by atoms with van der Waals surface area (Å²) in [6.45, 7) is 1.76. The van der Waals surface area contributed by atoms with Gasteiger partial charge in [-0.3, -0.25) is 0 Å². The predicted octanol–water partition coefficient (Wildman–Crippen LogP) is 0.422. The summed E-state index contributed by atoms with van der Waals surface area (Å²) in [5, 5.41) is 12.1. The van der Waals surface area contributed by atoms with Crippen LogP contribution in [0.4, 0.5) is 13.2 Å². The van der Waals surface area contributed by atoms with Crippen molar-refractivity contribution >= 4 is 17.6 Å². The number of benzene rings is 1. The van der Waals surface area contributed by atoms with Crippen LogP contribution in [0.2, 0.25) is 0 Å². The molecule has 1 atom stereocenters. The van der Waals surface area contributed by atoms with Crippen LogP contribution in [0.3, 0.4) is 0 Å². The Morgan fingerprint density at radius 2 is 1.71 bits per heavy atom. The Balaban J connectivity index is 2.31. The van der Waals surface area contributed by atoms with E-state index in [-0.39, 0.29) is 42.6 Å². The summed E-state index contributed by atoms with van der Waals surface area (Å²) in [6.07, 6.45) is -2.63. The van der Waals surface area contributed by atoms with Gasteiger partial charge in [0.15, 0.2) is 0 Å². The van der Waals surface area contributed by atoms with Crippen LogP contribution in [-0.2, 0) is 20.8 Å². The average Bonchev–Trinajstić information content (AvgIpc) is 2.68. The summed E-state index contributed by atoms with van der Waals surface area (Å²) in [5.41, 5.74) is 0.944. The molecule has 0 fully saturated rings. The van der Waals surface area contributed by atoms with E-state index < -0.39 is 38.0 Å². The molecular weight excluding hydrogens is 528 g/mol. The normalized spacial score (nSPS) is 12.4. The van der Waals surface area contributed by atoms with Crippen LogP contribution in [0.25, 0.3) is 0 Å². The first-order valence-electron chi connectivity index (χ1n) is 10.1. The molecule has 0 aliphatic heterocycles. The topological polar surface area (TPSA) is 95.5 Å². The molecule has 1 unspecified atom stereocenters. The first-order chi connectivity index (χ1) is 14.6. The zero-order chi connectivity index (χ0) is 23.3. The maximum absolute atomic E-state index is 12.4. The molecule has 0 aliphatic carbocycles. The number of alkyl halides is 4. The quantitative estimate of drug-likeness (QED) is 0.134. The number of unbranched alkanes of at least 4 members (excludes halogenated alkanes) is 3. The Labute approximate surface area is 191 Å². The summed E-state index contributed by atoms with van der Waals surface area (Å²) in [4.78, 5) is 35.9. The third kappa shape index (κ3) is 13.9. The van der Waals surface area contributed by atoms with Gasteiger partial charge >= 0.3 is 191 Å².